The standard InChI is InChI=1S/C17H26N2O3/c1-2-21-12-13-22-16-8-10-19(11-9-16)17(20)18-14-15-6-4-3-5-7-15/h3-7,16H,2,8-14H2,1H3,(H,18,20). The maximum atomic E-state index is 12.1. The van der Waals surface area contributed by atoms with Gasteiger partial charge in [0.2, 0.25) is 0 Å². The lowest BCUT2D eigenvalue weighted by molar-refractivity contribution is -0.0158. The van der Waals surface area contributed by atoms with Crippen molar-refractivity contribution in [3.8, 4) is 0 Å². The van der Waals surface area contributed by atoms with Gasteiger partial charge < -0.3 is 19.7 Å². The predicted octanol–water partition coefficient (Wildman–Crippen LogP) is 2.41. The lowest BCUT2D eigenvalue weighted by atomic mass is 10.1. The molecule has 1 fully saturated rings. The third-order valence-electron chi connectivity index (χ3n) is 3.80. The summed E-state index contributed by atoms with van der Waals surface area (Å²) >= 11 is 0. The van der Waals surface area contributed by atoms with E-state index in [0.29, 0.717) is 19.8 Å². The van der Waals surface area contributed by atoms with Gasteiger partial charge in [0.25, 0.3) is 0 Å². The number of piperidine rings is 1. The molecule has 22 heavy (non-hydrogen) atoms. The number of hydrogen-bond donors (Lipinski definition) is 1. The van der Waals surface area contributed by atoms with Gasteiger partial charge in [0, 0.05) is 26.2 Å². The molecule has 5 nitrogen and oxygen atoms in total. The summed E-state index contributed by atoms with van der Waals surface area (Å²) in [6.07, 6.45) is 2.04. The highest BCUT2D eigenvalue weighted by atomic mass is 16.5. The van der Waals surface area contributed by atoms with E-state index in [-0.39, 0.29) is 12.1 Å². The van der Waals surface area contributed by atoms with Gasteiger partial charge in [-0.15, -0.1) is 0 Å². The number of nitrogens with zero attached hydrogens (tertiary/aromatic N) is 1. The van der Waals surface area contributed by atoms with Crippen molar-refractivity contribution >= 4 is 6.03 Å². The van der Waals surface area contributed by atoms with Crippen LogP contribution in [0.25, 0.3) is 0 Å². The van der Waals surface area contributed by atoms with Crippen molar-refractivity contribution < 1.29 is 14.3 Å². The molecule has 0 unspecified atom stereocenters. The molecule has 1 aliphatic rings. The fourth-order valence-corrected chi connectivity index (χ4v) is 2.53. The summed E-state index contributed by atoms with van der Waals surface area (Å²) < 4.78 is 11.0. The molecule has 1 aromatic rings. The molecular weight excluding hydrogens is 280 g/mol. The van der Waals surface area contributed by atoms with Crippen LogP contribution >= 0.6 is 0 Å². The number of likely N-dealkylation sites (tertiary alicyclic amines) is 1. The van der Waals surface area contributed by atoms with Crippen molar-refractivity contribution in [2.75, 3.05) is 32.9 Å². The molecule has 0 spiro atoms. The molecule has 0 radical (unpaired) electrons. The summed E-state index contributed by atoms with van der Waals surface area (Å²) in [6.45, 7) is 6.06. The molecule has 2 rings (SSSR count). The Morgan fingerprint density at radius 1 is 1.23 bits per heavy atom. The van der Waals surface area contributed by atoms with E-state index < -0.39 is 0 Å². The number of nitrogens with one attached hydrogen (secondary N) is 1. The van der Waals surface area contributed by atoms with Gasteiger partial charge in [-0.25, -0.2) is 4.79 Å². The monoisotopic (exact) mass is 306 g/mol. The Kier molecular flexibility index (Phi) is 7.19. The van der Waals surface area contributed by atoms with Crippen LogP contribution < -0.4 is 5.32 Å². The number of hydrogen-bond acceptors (Lipinski definition) is 3. The molecule has 1 heterocycles. The number of ether oxygens (including phenoxy) is 2. The van der Waals surface area contributed by atoms with E-state index in [1.165, 1.54) is 0 Å². The molecule has 122 valence electrons. The highest BCUT2D eigenvalue weighted by Crippen LogP contribution is 2.13. The number of amides is 2. The van der Waals surface area contributed by atoms with Crippen LogP contribution in [0.2, 0.25) is 0 Å². The molecular formula is C17H26N2O3. The smallest absolute Gasteiger partial charge is 0.317 e. The van der Waals surface area contributed by atoms with Gasteiger partial charge in [-0.05, 0) is 25.3 Å². The normalized spacial score (nSPS) is 15.8. The van der Waals surface area contributed by atoms with E-state index >= 15 is 0 Å². The Labute approximate surface area is 132 Å². The first kappa shape index (κ1) is 16.8. The highest BCUT2D eigenvalue weighted by Gasteiger charge is 2.22. The van der Waals surface area contributed by atoms with Crippen molar-refractivity contribution in [1.82, 2.24) is 10.2 Å². The SMILES string of the molecule is CCOCCOC1CCN(C(=O)NCc2ccccc2)CC1. The first-order chi connectivity index (χ1) is 10.8. The maximum Gasteiger partial charge on any atom is 0.317 e. The molecule has 1 aromatic carbocycles. The van der Waals surface area contributed by atoms with Gasteiger partial charge in [-0.3, -0.25) is 0 Å². The van der Waals surface area contributed by atoms with Crippen LogP contribution in [0.1, 0.15) is 25.3 Å². The number of rotatable bonds is 7. The van der Waals surface area contributed by atoms with Gasteiger partial charge in [0.1, 0.15) is 0 Å². The van der Waals surface area contributed by atoms with Crippen molar-refractivity contribution in [3.63, 3.8) is 0 Å². The van der Waals surface area contributed by atoms with Crippen LogP contribution in [-0.2, 0) is 16.0 Å². The van der Waals surface area contributed by atoms with Gasteiger partial charge in [0.05, 0.1) is 19.3 Å². The van der Waals surface area contributed by atoms with Crippen LogP contribution in [0.3, 0.4) is 0 Å². The number of benzene rings is 1. The molecule has 0 saturated carbocycles. The fraction of sp³-hybridized carbons (Fsp3) is 0.588. The van der Waals surface area contributed by atoms with Crippen molar-refractivity contribution in [2.45, 2.75) is 32.4 Å². The van der Waals surface area contributed by atoms with Gasteiger partial charge in [-0.1, -0.05) is 30.3 Å². The summed E-state index contributed by atoms with van der Waals surface area (Å²) in [5.74, 6) is 0. The zero-order chi connectivity index (χ0) is 15.6. The zero-order valence-corrected chi connectivity index (χ0v) is 13.3. The largest absolute Gasteiger partial charge is 0.379 e. The lowest BCUT2D eigenvalue weighted by Gasteiger charge is -2.32. The molecule has 5 heteroatoms. The van der Waals surface area contributed by atoms with Crippen molar-refractivity contribution in [3.05, 3.63) is 35.9 Å². The Bertz CT molecular complexity index is 431. The minimum absolute atomic E-state index is 0.0108. The van der Waals surface area contributed by atoms with Crippen molar-refractivity contribution in [1.29, 1.82) is 0 Å². The highest BCUT2D eigenvalue weighted by molar-refractivity contribution is 5.74. The minimum Gasteiger partial charge on any atom is -0.379 e. The molecule has 1 N–H and O–H groups in total. The molecule has 0 aliphatic carbocycles. The molecule has 0 aromatic heterocycles. The number of carbonyl (C=O) groups excluding carboxylic acids is 1. The van der Waals surface area contributed by atoms with Gasteiger partial charge >= 0.3 is 6.03 Å². The second-order valence-corrected chi connectivity index (χ2v) is 5.40. The Balaban J connectivity index is 1.62. The van der Waals surface area contributed by atoms with E-state index in [1.54, 1.807) is 0 Å². The molecule has 1 saturated heterocycles. The second-order valence-electron chi connectivity index (χ2n) is 5.40. The van der Waals surface area contributed by atoms with Crippen LogP contribution in [0, 0.1) is 0 Å². The molecule has 2 amide bonds. The fourth-order valence-electron chi connectivity index (χ4n) is 2.53. The predicted molar refractivity (Wildman–Crippen MR) is 85.7 cm³/mol. The summed E-state index contributed by atoms with van der Waals surface area (Å²) in [5, 5.41) is 2.97. The summed E-state index contributed by atoms with van der Waals surface area (Å²) in [7, 11) is 0. The van der Waals surface area contributed by atoms with Crippen LogP contribution in [0.4, 0.5) is 4.79 Å². The minimum atomic E-state index is 0.0108. The summed E-state index contributed by atoms with van der Waals surface area (Å²) in [4.78, 5) is 14.0. The third-order valence-corrected chi connectivity index (χ3v) is 3.80. The summed E-state index contributed by atoms with van der Waals surface area (Å²) in [6, 6.07) is 9.97. The van der Waals surface area contributed by atoms with E-state index in [9.17, 15) is 4.79 Å². The Hall–Kier alpha value is -1.59. The Morgan fingerprint density at radius 2 is 1.95 bits per heavy atom. The molecule has 0 bridgehead atoms. The second kappa shape index (κ2) is 9.43. The van der Waals surface area contributed by atoms with Gasteiger partial charge in [0.15, 0.2) is 0 Å². The zero-order valence-electron chi connectivity index (χ0n) is 13.3. The molecule has 0 atom stereocenters. The first-order valence-electron chi connectivity index (χ1n) is 8.05. The van der Waals surface area contributed by atoms with E-state index in [0.717, 1.165) is 38.1 Å². The third kappa shape index (κ3) is 5.66. The molecule has 1 aliphatic heterocycles. The average Bonchev–Trinajstić information content (AvgIpc) is 2.58. The van der Waals surface area contributed by atoms with E-state index in [4.69, 9.17) is 9.47 Å². The lowest BCUT2D eigenvalue weighted by Crippen LogP contribution is -2.45. The van der Waals surface area contributed by atoms with E-state index in [2.05, 4.69) is 5.32 Å². The number of urea groups is 1. The maximum absolute atomic E-state index is 12.1. The van der Waals surface area contributed by atoms with E-state index in [1.807, 2.05) is 42.2 Å². The topological polar surface area (TPSA) is 50.8 Å². The van der Waals surface area contributed by atoms with Crippen LogP contribution in [0.5, 0.6) is 0 Å². The van der Waals surface area contributed by atoms with Gasteiger partial charge in [-0.2, -0.15) is 0 Å². The quantitative estimate of drug-likeness (QED) is 0.787. The Morgan fingerprint density at radius 3 is 2.64 bits per heavy atom. The first-order valence-corrected chi connectivity index (χ1v) is 8.05. The van der Waals surface area contributed by atoms with Crippen molar-refractivity contribution in [2.24, 2.45) is 0 Å². The van der Waals surface area contributed by atoms with Crippen LogP contribution in [-0.4, -0.2) is 49.9 Å². The average molecular weight is 306 g/mol. The van der Waals surface area contributed by atoms with Crippen LogP contribution in [0.15, 0.2) is 30.3 Å². The summed E-state index contributed by atoms with van der Waals surface area (Å²) in [5.41, 5.74) is 1.12. The number of carbonyl (C=O) groups is 1.